The Balaban J connectivity index is 0.00000218. The zero-order valence-corrected chi connectivity index (χ0v) is 40.4. The molecule has 1 saturated heterocycles. The van der Waals surface area contributed by atoms with Gasteiger partial charge < -0.3 is 31.6 Å². The van der Waals surface area contributed by atoms with Gasteiger partial charge in [-0.1, -0.05) is 84.7 Å². The predicted molar refractivity (Wildman–Crippen MR) is 275 cm³/mol. The molecule has 2 aromatic carbocycles. The summed E-state index contributed by atoms with van der Waals surface area (Å²) < 4.78 is 6.17. The van der Waals surface area contributed by atoms with Crippen LogP contribution in [0.15, 0.2) is 87.3 Å². The van der Waals surface area contributed by atoms with Crippen molar-refractivity contribution in [2.24, 2.45) is 11.5 Å². The molecular weight excluding hydrogens is 793 g/mol. The monoisotopic (exact) mass is 869 g/mol. The summed E-state index contributed by atoms with van der Waals surface area (Å²) in [6.07, 6.45) is 11.9. The molecule has 6 rings (SSSR count). The summed E-state index contributed by atoms with van der Waals surface area (Å²) in [4.78, 5) is 10.0. The fraction of sp³-hybridized carbons (Fsp3) is 0.404. The van der Waals surface area contributed by atoms with Crippen molar-refractivity contribution < 1.29 is 0 Å². The average Bonchev–Trinajstić information content (AvgIpc) is 3.99. The molecule has 5 aromatic rings. The Labute approximate surface area is 383 Å². The lowest BCUT2D eigenvalue weighted by molar-refractivity contribution is 0.221. The number of piperidine rings is 1. The topological polar surface area (TPSA) is 136 Å². The van der Waals surface area contributed by atoms with Crippen molar-refractivity contribution in [3.05, 3.63) is 138 Å². The van der Waals surface area contributed by atoms with E-state index in [0.29, 0.717) is 24.7 Å². The van der Waals surface area contributed by atoms with E-state index in [0.717, 1.165) is 119 Å². The predicted octanol–water partition coefficient (Wildman–Crippen LogP) is 10.4. The Morgan fingerprint density at radius 3 is 2.02 bits per heavy atom. The van der Waals surface area contributed by atoms with Crippen LogP contribution in [0.2, 0.25) is 0 Å². The van der Waals surface area contributed by atoms with E-state index in [1.54, 1.807) is 0 Å². The van der Waals surface area contributed by atoms with Crippen LogP contribution >= 0.6 is 0 Å². The van der Waals surface area contributed by atoms with Crippen LogP contribution in [0.3, 0.4) is 0 Å². The number of benzene rings is 2. The minimum Gasteiger partial charge on any atom is -0.399 e. The maximum atomic E-state index is 6.26. The van der Waals surface area contributed by atoms with Gasteiger partial charge in [-0.2, -0.15) is 10.2 Å². The lowest BCUT2D eigenvalue weighted by Crippen LogP contribution is -2.34. The quantitative estimate of drug-likeness (QED) is 0.0564. The molecular formula is C52H76N12. The van der Waals surface area contributed by atoms with E-state index in [1.807, 2.05) is 49.2 Å². The minimum absolute atomic E-state index is 0.520. The molecule has 0 spiro atoms. The summed E-state index contributed by atoms with van der Waals surface area (Å²) in [7, 11) is 1.50. The van der Waals surface area contributed by atoms with Crippen molar-refractivity contribution in [3.63, 3.8) is 0 Å². The molecule has 344 valence electrons. The van der Waals surface area contributed by atoms with Gasteiger partial charge in [-0.15, -0.1) is 0 Å². The molecule has 1 aliphatic heterocycles. The molecule has 1 fully saturated rings. The van der Waals surface area contributed by atoms with Gasteiger partial charge in [0.05, 0.1) is 50.9 Å². The number of nitrogens with one attached hydrogen (secondary N) is 2. The molecule has 4 heterocycles. The lowest BCUT2D eigenvalue weighted by atomic mass is 10.0. The van der Waals surface area contributed by atoms with E-state index in [4.69, 9.17) is 10.7 Å². The number of hydrogen-bond donors (Lipinski definition) is 4. The van der Waals surface area contributed by atoms with E-state index in [-0.39, 0.29) is 0 Å². The van der Waals surface area contributed by atoms with Crippen LogP contribution in [0.1, 0.15) is 111 Å². The summed E-state index contributed by atoms with van der Waals surface area (Å²) in [5, 5.41) is 16.5. The Hall–Kier alpha value is -6.11. The van der Waals surface area contributed by atoms with Crippen LogP contribution in [-0.2, 0) is 32.6 Å². The number of fused-ring (bicyclic) bond motifs is 1. The van der Waals surface area contributed by atoms with Crippen LogP contribution < -0.4 is 27.0 Å². The Kier molecular flexibility index (Phi) is 19.0. The summed E-state index contributed by atoms with van der Waals surface area (Å²) in [5.41, 5.74) is 25.1. The number of rotatable bonds is 20. The molecule has 64 heavy (non-hydrogen) atoms. The molecule has 12 heteroatoms. The van der Waals surface area contributed by atoms with Gasteiger partial charge in [0.15, 0.2) is 0 Å². The molecule has 0 aliphatic carbocycles. The highest BCUT2D eigenvalue weighted by molar-refractivity contribution is 5.87. The maximum absolute atomic E-state index is 6.26. The molecule has 3 aromatic heterocycles. The van der Waals surface area contributed by atoms with Crippen LogP contribution in [0.25, 0.3) is 34.2 Å². The Morgan fingerprint density at radius 2 is 1.44 bits per heavy atom. The SMILES string of the molecule is C=Cc1cc(C)c(N(C/C=C/Cn2c(NC(=C)c3cc(C)nn3CC)nc3cc(C(=C)N)cc(CCC)c32)C(=C)NC(=C)c2cc(C)nn2CC)c(CN2CCCCC2)c1.CC.CN. The zero-order valence-electron chi connectivity index (χ0n) is 40.4. The first kappa shape index (κ1) is 50.5. The lowest BCUT2D eigenvalue weighted by Gasteiger charge is -2.33. The van der Waals surface area contributed by atoms with Gasteiger partial charge >= 0.3 is 0 Å². The van der Waals surface area contributed by atoms with Crippen molar-refractivity contribution >= 4 is 45.8 Å². The fourth-order valence-corrected chi connectivity index (χ4v) is 8.40. The van der Waals surface area contributed by atoms with E-state index in [9.17, 15) is 0 Å². The highest BCUT2D eigenvalue weighted by Gasteiger charge is 2.22. The zero-order chi connectivity index (χ0) is 47.1. The van der Waals surface area contributed by atoms with Crippen LogP contribution in [0, 0.1) is 20.8 Å². The van der Waals surface area contributed by atoms with E-state index in [1.165, 1.54) is 37.4 Å². The van der Waals surface area contributed by atoms with Gasteiger partial charge in [0.25, 0.3) is 0 Å². The second-order valence-electron chi connectivity index (χ2n) is 15.9. The minimum atomic E-state index is 0.520. The van der Waals surface area contributed by atoms with Gasteiger partial charge in [-0.05, 0) is 138 Å². The first-order valence-electron chi connectivity index (χ1n) is 23.0. The number of nitrogens with two attached hydrogens (primary N) is 2. The first-order valence-corrected chi connectivity index (χ1v) is 23.0. The Bertz CT molecular complexity index is 2430. The molecule has 0 radical (unpaired) electrons. The summed E-state index contributed by atoms with van der Waals surface area (Å²) in [6, 6.07) is 12.8. The summed E-state index contributed by atoms with van der Waals surface area (Å²) >= 11 is 0. The number of likely N-dealkylation sites (tertiary alicyclic amines) is 1. The molecule has 0 bridgehead atoms. The molecule has 0 unspecified atom stereocenters. The molecule has 0 saturated carbocycles. The first-order chi connectivity index (χ1) is 30.8. The second kappa shape index (κ2) is 24.1. The number of aromatic nitrogens is 6. The van der Waals surface area contributed by atoms with Crippen LogP contribution in [-0.4, -0.2) is 60.7 Å². The smallest absolute Gasteiger partial charge is 0.208 e. The number of nitrogens with zero attached hydrogens (tertiary/aromatic N) is 8. The van der Waals surface area contributed by atoms with E-state index < -0.39 is 0 Å². The third-order valence-corrected chi connectivity index (χ3v) is 11.2. The van der Waals surface area contributed by atoms with Gasteiger partial charge in [-0.25, -0.2) is 4.98 Å². The van der Waals surface area contributed by atoms with Crippen molar-refractivity contribution in [1.29, 1.82) is 0 Å². The number of anilines is 2. The van der Waals surface area contributed by atoms with Crippen LogP contribution in [0.4, 0.5) is 11.6 Å². The normalized spacial score (nSPS) is 12.6. The number of allylic oxidation sites excluding steroid dienone is 1. The summed E-state index contributed by atoms with van der Waals surface area (Å²) in [5.74, 6) is 1.43. The second-order valence-corrected chi connectivity index (χ2v) is 15.9. The van der Waals surface area contributed by atoms with Gasteiger partial charge in [0.2, 0.25) is 5.95 Å². The number of hydrogen-bond acceptors (Lipinski definition) is 9. The third-order valence-electron chi connectivity index (χ3n) is 11.2. The van der Waals surface area contributed by atoms with Crippen molar-refractivity contribution in [3.8, 4) is 0 Å². The van der Waals surface area contributed by atoms with E-state index in [2.05, 4.69) is 144 Å². The highest BCUT2D eigenvalue weighted by atomic mass is 15.3. The third kappa shape index (κ3) is 12.1. The van der Waals surface area contributed by atoms with Gasteiger partial charge in [0, 0.05) is 38.4 Å². The molecule has 0 atom stereocenters. The average molecular weight is 869 g/mol. The van der Waals surface area contributed by atoms with Crippen molar-refractivity contribution in [1.82, 2.24) is 39.3 Å². The highest BCUT2D eigenvalue weighted by Crippen LogP contribution is 2.33. The summed E-state index contributed by atoms with van der Waals surface area (Å²) in [6.45, 7) is 43.9. The van der Waals surface area contributed by atoms with Crippen LogP contribution in [0.5, 0.6) is 0 Å². The van der Waals surface area contributed by atoms with Crippen molar-refractivity contribution in [2.45, 2.75) is 114 Å². The van der Waals surface area contributed by atoms with E-state index >= 15 is 0 Å². The molecule has 0 amide bonds. The van der Waals surface area contributed by atoms with Crippen molar-refractivity contribution in [2.75, 3.05) is 36.9 Å². The molecule has 12 nitrogen and oxygen atoms in total. The standard InChI is InChI=1S/C49H65N11.C2H6.CH5N/c1-12-21-41-30-42(36(8)50)31-44-48(41)58(49(53-44)52-38(10)46-28-35(7)55-60(46)15-4)25-20-19-24-57(39(11)51-37(9)45-27-34(6)54-59(45)14-3)47-33(5)26-40(13-2)29-43(47)32-56-22-17-16-18-23-56;2*1-2/h13,19-20,26-31,51H,2,8-12,14-18,21-25,32,50H2,1,3-7H3,(H,52,53);1-2H3;2H2,1H3/b20-19+;;. The van der Waals surface area contributed by atoms with Gasteiger partial charge in [0.1, 0.15) is 5.82 Å². The largest absolute Gasteiger partial charge is 0.399 e. The fourth-order valence-electron chi connectivity index (χ4n) is 8.40. The maximum Gasteiger partial charge on any atom is 0.208 e. The Morgan fingerprint density at radius 1 is 0.812 bits per heavy atom. The van der Waals surface area contributed by atoms with Gasteiger partial charge in [-0.3, -0.25) is 14.3 Å². The molecule has 1 aliphatic rings. The molecule has 6 N–H and O–H groups in total. The number of imidazole rings is 1. The number of aryl methyl sites for hydroxylation is 6.